The first-order valence-corrected chi connectivity index (χ1v) is 8.83. The molecule has 0 aromatic rings. The molecular formula is C17H30N2O2. The van der Waals surface area contributed by atoms with Gasteiger partial charge in [-0.15, -0.1) is 0 Å². The van der Waals surface area contributed by atoms with E-state index in [1.54, 1.807) is 6.92 Å². The van der Waals surface area contributed by atoms with E-state index in [2.05, 4.69) is 9.80 Å². The summed E-state index contributed by atoms with van der Waals surface area (Å²) in [6.45, 7) is 4.54. The van der Waals surface area contributed by atoms with E-state index < -0.39 is 5.60 Å². The molecule has 120 valence electrons. The van der Waals surface area contributed by atoms with Crippen LogP contribution in [0.15, 0.2) is 0 Å². The van der Waals surface area contributed by atoms with Crippen LogP contribution in [-0.4, -0.2) is 58.1 Å². The molecule has 21 heavy (non-hydrogen) atoms. The van der Waals surface area contributed by atoms with E-state index >= 15 is 0 Å². The van der Waals surface area contributed by atoms with Gasteiger partial charge in [-0.3, -0.25) is 9.69 Å². The van der Waals surface area contributed by atoms with Crippen molar-refractivity contribution in [2.75, 3.05) is 19.6 Å². The summed E-state index contributed by atoms with van der Waals surface area (Å²) in [6.07, 6.45) is 10.2. The van der Waals surface area contributed by atoms with E-state index in [0.29, 0.717) is 12.1 Å². The molecule has 2 aliphatic heterocycles. The third kappa shape index (κ3) is 3.26. The fourth-order valence-corrected chi connectivity index (χ4v) is 4.81. The van der Waals surface area contributed by atoms with Crippen LogP contribution >= 0.6 is 0 Å². The number of rotatable bonds is 3. The number of likely N-dealkylation sites (tertiary alicyclic amines) is 2. The lowest BCUT2D eigenvalue weighted by atomic mass is 9.84. The van der Waals surface area contributed by atoms with Crippen molar-refractivity contribution in [3.63, 3.8) is 0 Å². The van der Waals surface area contributed by atoms with E-state index in [4.69, 9.17) is 0 Å². The van der Waals surface area contributed by atoms with E-state index in [0.717, 1.165) is 58.2 Å². The van der Waals surface area contributed by atoms with Crippen LogP contribution in [0.1, 0.15) is 64.7 Å². The van der Waals surface area contributed by atoms with Crippen molar-refractivity contribution in [2.45, 2.75) is 82.4 Å². The second kappa shape index (κ2) is 6.25. The number of β-amino-alcohol motifs (C(OH)–C–C–N with tert-alkyl or cyclic N) is 1. The lowest BCUT2D eigenvalue weighted by Gasteiger charge is -2.40. The standard InChI is InChI=1S/C17H30N2O2/c1-14(20)19-12-6-8-16(19)15-7-5-11-18(15)13-17(21)9-3-2-4-10-17/h15-16,21H,2-13H2,1H3/t15-,16+/m0/s1. The van der Waals surface area contributed by atoms with Crippen molar-refractivity contribution in [3.8, 4) is 0 Å². The summed E-state index contributed by atoms with van der Waals surface area (Å²) < 4.78 is 0. The Kier molecular flexibility index (Phi) is 4.55. The van der Waals surface area contributed by atoms with E-state index in [-0.39, 0.29) is 5.91 Å². The van der Waals surface area contributed by atoms with Gasteiger partial charge in [-0.05, 0) is 45.1 Å². The summed E-state index contributed by atoms with van der Waals surface area (Å²) in [7, 11) is 0. The van der Waals surface area contributed by atoms with Gasteiger partial charge in [0.2, 0.25) is 5.91 Å². The summed E-state index contributed by atoms with van der Waals surface area (Å²) >= 11 is 0. The largest absolute Gasteiger partial charge is 0.389 e. The topological polar surface area (TPSA) is 43.8 Å². The molecule has 3 aliphatic rings. The Morgan fingerprint density at radius 1 is 1.05 bits per heavy atom. The molecule has 2 atom stereocenters. The predicted octanol–water partition coefficient (Wildman–Crippen LogP) is 2.16. The predicted molar refractivity (Wildman–Crippen MR) is 83.0 cm³/mol. The van der Waals surface area contributed by atoms with Gasteiger partial charge in [0.05, 0.1) is 5.60 Å². The second-order valence-corrected chi connectivity index (χ2v) is 7.39. The zero-order valence-corrected chi connectivity index (χ0v) is 13.4. The zero-order valence-electron chi connectivity index (χ0n) is 13.4. The van der Waals surface area contributed by atoms with Crippen LogP contribution in [0.2, 0.25) is 0 Å². The van der Waals surface area contributed by atoms with E-state index in [9.17, 15) is 9.90 Å². The van der Waals surface area contributed by atoms with Gasteiger partial charge in [-0.2, -0.15) is 0 Å². The maximum atomic E-state index is 11.8. The third-order valence-corrected chi connectivity index (χ3v) is 5.84. The molecule has 4 heteroatoms. The van der Waals surface area contributed by atoms with Gasteiger partial charge in [-0.1, -0.05) is 19.3 Å². The van der Waals surface area contributed by atoms with Crippen LogP contribution in [0.25, 0.3) is 0 Å². The number of nitrogens with zero attached hydrogens (tertiary/aromatic N) is 2. The summed E-state index contributed by atoms with van der Waals surface area (Å²) in [5, 5.41) is 10.8. The van der Waals surface area contributed by atoms with Crippen LogP contribution in [0.3, 0.4) is 0 Å². The third-order valence-electron chi connectivity index (χ3n) is 5.84. The molecule has 1 aliphatic carbocycles. The Bertz CT molecular complexity index is 379. The maximum absolute atomic E-state index is 11.8. The first-order valence-electron chi connectivity index (χ1n) is 8.83. The molecule has 1 N–H and O–H groups in total. The molecule has 3 fully saturated rings. The van der Waals surface area contributed by atoms with Crippen LogP contribution in [0.4, 0.5) is 0 Å². The van der Waals surface area contributed by atoms with Crippen molar-refractivity contribution < 1.29 is 9.90 Å². The minimum Gasteiger partial charge on any atom is -0.389 e. The summed E-state index contributed by atoms with van der Waals surface area (Å²) in [5.74, 6) is 0.223. The van der Waals surface area contributed by atoms with Crippen LogP contribution in [0, 0.1) is 0 Å². The molecule has 0 radical (unpaired) electrons. The molecule has 3 rings (SSSR count). The monoisotopic (exact) mass is 294 g/mol. The van der Waals surface area contributed by atoms with Gasteiger partial charge < -0.3 is 10.0 Å². The van der Waals surface area contributed by atoms with E-state index in [1.807, 2.05) is 0 Å². The minimum absolute atomic E-state index is 0.223. The van der Waals surface area contributed by atoms with Crippen molar-refractivity contribution in [1.29, 1.82) is 0 Å². The highest BCUT2D eigenvalue weighted by Gasteiger charge is 2.41. The van der Waals surface area contributed by atoms with Gasteiger partial charge in [0.1, 0.15) is 0 Å². The van der Waals surface area contributed by atoms with Gasteiger partial charge in [0.15, 0.2) is 0 Å². The van der Waals surface area contributed by atoms with Crippen LogP contribution in [0.5, 0.6) is 0 Å². The molecule has 0 aromatic heterocycles. The Balaban J connectivity index is 1.66. The van der Waals surface area contributed by atoms with Crippen molar-refractivity contribution in [2.24, 2.45) is 0 Å². The first-order chi connectivity index (χ1) is 10.1. The summed E-state index contributed by atoms with van der Waals surface area (Å²) in [4.78, 5) is 16.4. The van der Waals surface area contributed by atoms with Gasteiger partial charge in [-0.25, -0.2) is 0 Å². The van der Waals surface area contributed by atoms with Crippen LogP contribution in [-0.2, 0) is 4.79 Å². The average molecular weight is 294 g/mol. The SMILES string of the molecule is CC(=O)N1CCC[C@@H]1[C@@H]1CCCN1CC1(O)CCCCC1. The molecule has 1 amide bonds. The molecule has 1 saturated carbocycles. The Labute approximate surface area is 128 Å². The molecule has 0 bridgehead atoms. The number of carbonyl (C=O) groups excluding carboxylic acids is 1. The smallest absolute Gasteiger partial charge is 0.219 e. The normalized spacial score (nSPS) is 33.5. The molecule has 0 spiro atoms. The molecule has 2 heterocycles. The highest BCUT2D eigenvalue weighted by Crippen LogP contribution is 2.34. The lowest BCUT2D eigenvalue weighted by Crippen LogP contribution is -2.52. The lowest BCUT2D eigenvalue weighted by molar-refractivity contribution is -0.130. The van der Waals surface area contributed by atoms with E-state index in [1.165, 1.54) is 19.3 Å². The van der Waals surface area contributed by atoms with Gasteiger partial charge in [0, 0.05) is 32.1 Å². The second-order valence-electron chi connectivity index (χ2n) is 7.39. The molecule has 4 nitrogen and oxygen atoms in total. The van der Waals surface area contributed by atoms with Crippen molar-refractivity contribution in [1.82, 2.24) is 9.80 Å². The highest BCUT2D eigenvalue weighted by atomic mass is 16.3. The first kappa shape index (κ1) is 15.3. The Morgan fingerprint density at radius 3 is 2.43 bits per heavy atom. The van der Waals surface area contributed by atoms with Crippen LogP contribution < -0.4 is 0 Å². The van der Waals surface area contributed by atoms with Gasteiger partial charge in [0.25, 0.3) is 0 Å². The maximum Gasteiger partial charge on any atom is 0.219 e. The fraction of sp³-hybridized carbons (Fsp3) is 0.941. The molecule has 2 saturated heterocycles. The number of hydrogen-bond donors (Lipinski definition) is 1. The minimum atomic E-state index is -0.472. The van der Waals surface area contributed by atoms with Crippen molar-refractivity contribution >= 4 is 5.91 Å². The number of aliphatic hydroxyl groups is 1. The number of carbonyl (C=O) groups is 1. The number of amides is 1. The summed E-state index contributed by atoms with van der Waals surface area (Å²) in [5.41, 5.74) is -0.472. The zero-order chi connectivity index (χ0) is 14.9. The molecular weight excluding hydrogens is 264 g/mol. The quantitative estimate of drug-likeness (QED) is 0.867. The fourth-order valence-electron chi connectivity index (χ4n) is 4.81. The Hall–Kier alpha value is -0.610. The Morgan fingerprint density at radius 2 is 1.71 bits per heavy atom. The molecule has 0 unspecified atom stereocenters. The summed E-state index contributed by atoms with van der Waals surface area (Å²) in [6, 6.07) is 0.861. The number of hydrogen-bond acceptors (Lipinski definition) is 3. The highest BCUT2D eigenvalue weighted by molar-refractivity contribution is 5.74. The average Bonchev–Trinajstić information content (AvgIpc) is 3.06. The van der Waals surface area contributed by atoms with Gasteiger partial charge >= 0.3 is 0 Å². The molecule has 0 aromatic carbocycles. The van der Waals surface area contributed by atoms with Crippen molar-refractivity contribution in [3.05, 3.63) is 0 Å².